The van der Waals surface area contributed by atoms with Gasteiger partial charge >= 0.3 is 0 Å². The number of Topliss-reactive ketones (excluding diaryl/α,β-unsaturated/α-hetero) is 1. The van der Waals surface area contributed by atoms with Crippen molar-refractivity contribution in [3.63, 3.8) is 0 Å². The molecule has 21 heavy (non-hydrogen) atoms. The van der Waals surface area contributed by atoms with Crippen LogP contribution in [0.3, 0.4) is 0 Å². The normalized spacial score (nSPS) is 40.4. The Morgan fingerprint density at radius 2 is 1.67 bits per heavy atom. The van der Waals surface area contributed by atoms with E-state index >= 15 is 0 Å². The number of rotatable bonds is 3. The summed E-state index contributed by atoms with van der Waals surface area (Å²) in [5.74, 6) is 2.52. The van der Waals surface area contributed by atoms with Crippen LogP contribution in [0.1, 0.15) is 80.6 Å². The maximum Gasteiger partial charge on any atom is 0.126 e. The molecule has 4 unspecified atom stereocenters. The highest BCUT2D eigenvalue weighted by molar-refractivity contribution is 5.72. The maximum atomic E-state index is 10.7. The number of carbonyl (C=O) groups excluding carboxylic acids is 1. The summed E-state index contributed by atoms with van der Waals surface area (Å²) < 4.78 is 0. The topological polar surface area (TPSA) is 40.5 Å². The van der Waals surface area contributed by atoms with E-state index in [1.54, 1.807) is 5.06 Å². The molecule has 2 rings (SSSR count). The van der Waals surface area contributed by atoms with Crippen LogP contribution < -0.4 is 0 Å². The molecule has 1 saturated heterocycles. The standard InChI is InChI=1S/C15H29NO.C3H6O/c1-6-14(4)10-13(12-8-9-12)11(3)15(5,7-2)16(14)17;1-3(2)4/h11-13,17H,6-10H2,1-5H3;1-2H3. The quantitative estimate of drug-likeness (QED) is 0.822. The van der Waals surface area contributed by atoms with Gasteiger partial charge in [-0.05, 0) is 77.6 Å². The summed E-state index contributed by atoms with van der Waals surface area (Å²) in [7, 11) is 0. The van der Waals surface area contributed by atoms with Gasteiger partial charge in [0, 0.05) is 11.1 Å². The van der Waals surface area contributed by atoms with Crippen LogP contribution in [0.4, 0.5) is 0 Å². The van der Waals surface area contributed by atoms with Gasteiger partial charge in [0.1, 0.15) is 5.78 Å². The van der Waals surface area contributed by atoms with Gasteiger partial charge in [0.05, 0.1) is 0 Å². The molecule has 0 bridgehead atoms. The van der Waals surface area contributed by atoms with Gasteiger partial charge in [0.25, 0.3) is 0 Å². The van der Waals surface area contributed by atoms with Crippen LogP contribution in [0.5, 0.6) is 0 Å². The molecule has 0 aromatic heterocycles. The number of ketones is 1. The molecule has 1 heterocycles. The molecular formula is C18H35NO2. The van der Waals surface area contributed by atoms with Crippen LogP contribution in [-0.2, 0) is 4.79 Å². The van der Waals surface area contributed by atoms with Gasteiger partial charge in [-0.3, -0.25) is 0 Å². The summed E-state index contributed by atoms with van der Waals surface area (Å²) in [6.45, 7) is 14.3. The van der Waals surface area contributed by atoms with E-state index in [4.69, 9.17) is 0 Å². The van der Waals surface area contributed by atoms with Gasteiger partial charge in [0.2, 0.25) is 0 Å². The smallest absolute Gasteiger partial charge is 0.126 e. The Labute approximate surface area is 131 Å². The molecule has 124 valence electrons. The van der Waals surface area contributed by atoms with E-state index in [9.17, 15) is 10.0 Å². The van der Waals surface area contributed by atoms with Crippen molar-refractivity contribution >= 4 is 5.78 Å². The van der Waals surface area contributed by atoms with Crippen molar-refractivity contribution in [1.29, 1.82) is 0 Å². The first-order valence-electron chi connectivity index (χ1n) is 8.58. The van der Waals surface area contributed by atoms with Crippen molar-refractivity contribution in [2.75, 3.05) is 0 Å². The minimum absolute atomic E-state index is 0.0233. The third-order valence-electron chi connectivity index (χ3n) is 6.00. The maximum absolute atomic E-state index is 10.7. The molecule has 1 aliphatic heterocycles. The number of carbonyl (C=O) groups is 1. The van der Waals surface area contributed by atoms with Gasteiger partial charge in [-0.25, -0.2) is 0 Å². The Morgan fingerprint density at radius 3 is 2.00 bits per heavy atom. The van der Waals surface area contributed by atoms with E-state index in [-0.39, 0.29) is 16.9 Å². The molecule has 4 atom stereocenters. The van der Waals surface area contributed by atoms with Gasteiger partial charge in [-0.15, -0.1) is 0 Å². The zero-order valence-corrected chi connectivity index (χ0v) is 15.1. The number of nitrogens with zero attached hydrogens (tertiary/aromatic N) is 1. The Hall–Kier alpha value is -0.410. The van der Waals surface area contributed by atoms with Gasteiger partial charge in [-0.2, -0.15) is 5.06 Å². The summed E-state index contributed by atoms with van der Waals surface area (Å²) in [5, 5.41) is 12.4. The zero-order chi connectivity index (χ0) is 16.4. The first-order chi connectivity index (χ1) is 9.62. The molecule has 1 saturated carbocycles. The Balaban J connectivity index is 0.000000491. The first kappa shape index (κ1) is 18.6. The van der Waals surface area contributed by atoms with E-state index in [1.165, 1.54) is 33.1 Å². The predicted molar refractivity (Wildman–Crippen MR) is 87.4 cm³/mol. The molecule has 0 amide bonds. The van der Waals surface area contributed by atoms with Crippen LogP contribution >= 0.6 is 0 Å². The SMILES string of the molecule is CC(C)=O.CCC1(C)CC(C2CC2)C(C)C(C)(CC)N1O. The third-order valence-corrected chi connectivity index (χ3v) is 6.00. The second-order valence-corrected chi connectivity index (χ2v) is 7.78. The molecule has 0 spiro atoms. The van der Waals surface area contributed by atoms with Gasteiger partial charge < -0.3 is 10.0 Å². The van der Waals surface area contributed by atoms with E-state index in [0.29, 0.717) is 5.92 Å². The fraction of sp³-hybridized carbons (Fsp3) is 0.944. The van der Waals surface area contributed by atoms with Crippen molar-refractivity contribution in [3.05, 3.63) is 0 Å². The predicted octanol–water partition coefficient (Wildman–Crippen LogP) is 4.68. The number of hydrogen-bond donors (Lipinski definition) is 1. The lowest BCUT2D eigenvalue weighted by Crippen LogP contribution is -2.65. The zero-order valence-electron chi connectivity index (χ0n) is 15.1. The van der Waals surface area contributed by atoms with Crippen molar-refractivity contribution in [2.45, 2.75) is 91.6 Å². The molecule has 0 aromatic rings. The summed E-state index contributed by atoms with van der Waals surface area (Å²) in [4.78, 5) is 9.44. The molecule has 0 aromatic carbocycles. The van der Waals surface area contributed by atoms with Gasteiger partial charge in [0.15, 0.2) is 0 Å². The van der Waals surface area contributed by atoms with Crippen LogP contribution in [0, 0.1) is 17.8 Å². The average Bonchev–Trinajstić information content (AvgIpc) is 3.24. The van der Waals surface area contributed by atoms with Crippen LogP contribution in [-0.4, -0.2) is 27.1 Å². The monoisotopic (exact) mass is 297 g/mol. The van der Waals surface area contributed by atoms with Crippen molar-refractivity contribution in [1.82, 2.24) is 5.06 Å². The van der Waals surface area contributed by atoms with Crippen molar-refractivity contribution < 1.29 is 10.0 Å². The molecule has 1 N–H and O–H groups in total. The highest BCUT2D eigenvalue weighted by atomic mass is 16.5. The lowest BCUT2D eigenvalue weighted by molar-refractivity contribution is -0.282. The Bertz CT molecular complexity index is 362. The molecule has 3 heteroatoms. The van der Waals surface area contributed by atoms with E-state index in [1.807, 2.05) is 0 Å². The molecular weight excluding hydrogens is 262 g/mol. The summed E-state index contributed by atoms with van der Waals surface area (Å²) in [5.41, 5.74) is -0.0687. The third kappa shape index (κ3) is 3.87. The van der Waals surface area contributed by atoms with Crippen LogP contribution in [0.25, 0.3) is 0 Å². The van der Waals surface area contributed by atoms with Crippen LogP contribution in [0.2, 0.25) is 0 Å². The van der Waals surface area contributed by atoms with E-state index in [2.05, 4.69) is 34.6 Å². The van der Waals surface area contributed by atoms with Gasteiger partial charge in [-0.1, -0.05) is 20.8 Å². The summed E-state index contributed by atoms with van der Waals surface area (Å²) in [6.07, 6.45) is 6.07. The Kier molecular flexibility index (Phi) is 6.02. The van der Waals surface area contributed by atoms with E-state index in [0.717, 1.165) is 24.7 Å². The molecule has 2 aliphatic rings. The highest BCUT2D eigenvalue weighted by Crippen LogP contribution is 2.54. The number of hydroxylamine groups is 2. The fourth-order valence-corrected chi connectivity index (χ4v) is 3.91. The average molecular weight is 297 g/mol. The molecule has 1 aliphatic carbocycles. The number of hydrogen-bond acceptors (Lipinski definition) is 3. The molecule has 3 nitrogen and oxygen atoms in total. The first-order valence-corrected chi connectivity index (χ1v) is 8.58. The van der Waals surface area contributed by atoms with E-state index < -0.39 is 0 Å². The molecule has 0 radical (unpaired) electrons. The van der Waals surface area contributed by atoms with Crippen LogP contribution in [0.15, 0.2) is 0 Å². The summed E-state index contributed by atoms with van der Waals surface area (Å²) >= 11 is 0. The second kappa shape index (κ2) is 6.78. The number of piperidine rings is 1. The largest absolute Gasteiger partial charge is 0.313 e. The minimum atomic E-state index is -0.0454. The second-order valence-electron chi connectivity index (χ2n) is 7.78. The summed E-state index contributed by atoms with van der Waals surface area (Å²) in [6, 6.07) is 0. The Morgan fingerprint density at radius 1 is 1.19 bits per heavy atom. The van der Waals surface area contributed by atoms with Crippen molar-refractivity contribution in [3.8, 4) is 0 Å². The lowest BCUT2D eigenvalue weighted by Gasteiger charge is -2.58. The minimum Gasteiger partial charge on any atom is -0.313 e. The highest BCUT2D eigenvalue weighted by Gasteiger charge is 2.55. The molecule has 2 fully saturated rings. The fourth-order valence-electron chi connectivity index (χ4n) is 3.91. The lowest BCUT2D eigenvalue weighted by atomic mass is 9.64. The van der Waals surface area contributed by atoms with Crippen molar-refractivity contribution in [2.24, 2.45) is 17.8 Å².